The van der Waals surface area contributed by atoms with Crippen LogP contribution in [0.3, 0.4) is 0 Å². The third kappa shape index (κ3) is 6.34. The van der Waals surface area contributed by atoms with Crippen LogP contribution >= 0.6 is 0 Å². The van der Waals surface area contributed by atoms with Crippen molar-refractivity contribution >= 4 is 18.1 Å². The van der Waals surface area contributed by atoms with Crippen LogP contribution in [0, 0.1) is 0 Å². The summed E-state index contributed by atoms with van der Waals surface area (Å²) in [5.41, 5.74) is 4.19. The van der Waals surface area contributed by atoms with Crippen LogP contribution in [-0.2, 0) is 0 Å². The van der Waals surface area contributed by atoms with Crippen molar-refractivity contribution in [2.45, 2.75) is 31.5 Å². The smallest absolute Gasteiger partial charge is 0.422 e. The molecule has 1 aliphatic rings. The zero-order chi connectivity index (χ0) is 23.1. The molecule has 4 heterocycles. The topological polar surface area (TPSA) is 101 Å². The van der Waals surface area contributed by atoms with E-state index in [2.05, 4.69) is 35.4 Å². The number of ether oxygens (including phenoxy) is 1. The van der Waals surface area contributed by atoms with Gasteiger partial charge in [0.25, 0.3) is 5.95 Å². The summed E-state index contributed by atoms with van der Waals surface area (Å²) in [5, 5.41) is 4.05. The van der Waals surface area contributed by atoms with E-state index in [4.69, 9.17) is 4.74 Å². The van der Waals surface area contributed by atoms with Crippen LogP contribution in [0.4, 0.5) is 25.1 Å². The fourth-order valence-corrected chi connectivity index (χ4v) is 3.40. The van der Waals surface area contributed by atoms with Gasteiger partial charge in [0.15, 0.2) is 6.61 Å². The van der Waals surface area contributed by atoms with Crippen molar-refractivity contribution in [3.8, 4) is 6.01 Å². The van der Waals surface area contributed by atoms with Crippen LogP contribution in [-0.4, -0.2) is 50.5 Å². The van der Waals surface area contributed by atoms with Crippen LogP contribution in [0.25, 0.3) is 0 Å². The van der Waals surface area contributed by atoms with Gasteiger partial charge in [-0.15, -0.1) is 0 Å². The van der Waals surface area contributed by atoms with Crippen molar-refractivity contribution in [3.63, 3.8) is 0 Å². The Bertz CT molecular complexity index is 1070. The molecule has 172 valence electrons. The molecule has 0 saturated carbocycles. The summed E-state index contributed by atoms with van der Waals surface area (Å²) in [7, 11) is 0. The molecule has 0 aromatic carbocycles. The number of pyridine rings is 2. The van der Waals surface area contributed by atoms with Crippen molar-refractivity contribution in [2.75, 3.05) is 23.5 Å². The first kappa shape index (κ1) is 22.4. The van der Waals surface area contributed by atoms with E-state index in [1.807, 2.05) is 23.1 Å². The van der Waals surface area contributed by atoms with Crippen LogP contribution in [0.15, 0.2) is 54.0 Å². The van der Waals surface area contributed by atoms with Gasteiger partial charge in [-0.1, -0.05) is 12.1 Å². The van der Waals surface area contributed by atoms with Gasteiger partial charge in [-0.25, -0.2) is 5.43 Å². The molecule has 0 aliphatic carbocycles. The maximum absolute atomic E-state index is 12.7. The second-order valence-electron chi connectivity index (χ2n) is 7.26. The van der Waals surface area contributed by atoms with Crippen LogP contribution < -0.4 is 15.1 Å². The predicted octanol–water partition coefficient (Wildman–Crippen LogP) is 3.78. The molecule has 1 fully saturated rings. The van der Waals surface area contributed by atoms with E-state index < -0.39 is 18.8 Å². The molecule has 1 saturated heterocycles. The molecule has 12 heteroatoms. The lowest BCUT2D eigenvalue weighted by atomic mass is 9.99. The van der Waals surface area contributed by atoms with Gasteiger partial charge in [-0.05, 0) is 37.5 Å². The Labute approximate surface area is 187 Å². The normalized spacial score (nSPS) is 16.7. The quantitative estimate of drug-likeness (QED) is 0.422. The number of rotatable bonds is 7. The summed E-state index contributed by atoms with van der Waals surface area (Å²) in [6.45, 7) is -0.902. The molecule has 0 amide bonds. The number of piperidine rings is 1. The van der Waals surface area contributed by atoms with Crippen molar-refractivity contribution in [1.82, 2.24) is 24.9 Å². The molecular weight excluding hydrogens is 437 g/mol. The largest absolute Gasteiger partial charge is 0.454 e. The highest BCUT2D eigenvalue weighted by atomic mass is 19.4. The van der Waals surface area contributed by atoms with Gasteiger partial charge in [0, 0.05) is 30.7 Å². The lowest BCUT2D eigenvalue weighted by Crippen LogP contribution is -2.35. The fourth-order valence-electron chi connectivity index (χ4n) is 3.40. The van der Waals surface area contributed by atoms with Gasteiger partial charge in [0.1, 0.15) is 0 Å². The number of nitrogens with one attached hydrogen (secondary N) is 1. The fraction of sp³-hybridized carbons (Fsp3) is 0.333. The predicted molar refractivity (Wildman–Crippen MR) is 115 cm³/mol. The Kier molecular flexibility index (Phi) is 6.91. The van der Waals surface area contributed by atoms with Gasteiger partial charge < -0.3 is 9.64 Å². The third-order valence-electron chi connectivity index (χ3n) is 4.82. The van der Waals surface area contributed by atoms with Crippen molar-refractivity contribution in [3.05, 3.63) is 60.2 Å². The summed E-state index contributed by atoms with van der Waals surface area (Å²) in [5.74, 6) is 0.152. The Morgan fingerprint density at radius 3 is 2.79 bits per heavy atom. The number of anilines is 2. The van der Waals surface area contributed by atoms with Crippen molar-refractivity contribution in [1.29, 1.82) is 0 Å². The number of halogens is 3. The van der Waals surface area contributed by atoms with E-state index in [-0.39, 0.29) is 17.9 Å². The Hall–Kier alpha value is -3.83. The number of aromatic nitrogens is 5. The van der Waals surface area contributed by atoms with E-state index in [1.54, 1.807) is 30.7 Å². The zero-order valence-electron chi connectivity index (χ0n) is 17.5. The number of alkyl halides is 3. The van der Waals surface area contributed by atoms with Gasteiger partial charge in [-0.2, -0.15) is 33.2 Å². The summed E-state index contributed by atoms with van der Waals surface area (Å²) in [6, 6.07) is 8.60. The van der Waals surface area contributed by atoms with Gasteiger partial charge in [0.05, 0.1) is 18.0 Å². The number of hydrazone groups is 1. The van der Waals surface area contributed by atoms with E-state index in [0.717, 1.165) is 30.5 Å². The van der Waals surface area contributed by atoms with Crippen molar-refractivity contribution < 1.29 is 17.9 Å². The molecule has 1 atom stereocenters. The molecule has 0 radical (unpaired) electrons. The second-order valence-corrected chi connectivity index (χ2v) is 7.26. The lowest BCUT2D eigenvalue weighted by molar-refractivity contribution is -0.154. The summed E-state index contributed by atoms with van der Waals surface area (Å²) < 4.78 is 42.9. The summed E-state index contributed by atoms with van der Waals surface area (Å²) in [6.07, 6.45) is 4.58. The van der Waals surface area contributed by atoms with Crippen LogP contribution in [0.5, 0.6) is 6.01 Å². The number of hydrogen-bond acceptors (Lipinski definition) is 9. The molecule has 1 unspecified atom stereocenters. The Balaban J connectivity index is 1.62. The third-order valence-corrected chi connectivity index (χ3v) is 4.82. The molecule has 1 aliphatic heterocycles. The second kappa shape index (κ2) is 10.2. The SMILES string of the molecule is FC(F)(F)COc1nc(NN=Cc2cccnc2)nc(N2CCCCC2c2ccccn2)n1. The average Bonchev–Trinajstić information content (AvgIpc) is 2.83. The molecule has 4 rings (SSSR count). The number of hydrogen-bond donors (Lipinski definition) is 1. The minimum absolute atomic E-state index is 0.0392. The molecule has 0 bridgehead atoms. The summed E-state index contributed by atoms with van der Waals surface area (Å²) >= 11 is 0. The molecule has 3 aromatic heterocycles. The monoisotopic (exact) mass is 458 g/mol. The first-order valence-corrected chi connectivity index (χ1v) is 10.3. The maximum atomic E-state index is 12.7. The van der Waals surface area contributed by atoms with E-state index >= 15 is 0 Å². The van der Waals surface area contributed by atoms with E-state index in [1.165, 1.54) is 6.21 Å². The molecule has 0 spiro atoms. The minimum atomic E-state index is -4.53. The first-order chi connectivity index (χ1) is 16.0. The van der Waals surface area contributed by atoms with Gasteiger partial charge in [0.2, 0.25) is 5.95 Å². The molecule has 3 aromatic rings. The average molecular weight is 458 g/mol. The molecule has 9 nitrogen and oxygen atoms in total. The van der Waals surface area contributed by atoms with Crippen molar-refractivity contribution in [2.24, 2.45) is 5.10 Å². The van der Waals surface area contributed by atoms with E-state index in [9.17, 15) is 13.2 Å². The van der Waals surface area contributed by atoms with Crippen LogP contribution in [0.2, 0.25) is 0 Å². The van der Waals surface area contributed by atoms with Gasteiger partial charge >= 0.3 is 12.2 Å². The maximum Gasteiger partial charge on any atom is 0.422 e. The zero-order valence-corrected chi connectivity index (χ0v) is 17.5. The molecular formula is C21H21F3N8O. The lowest BCUT2D eigenvalue weighted by Gasteiger charge is -2.35. The highest BCUT2D eigenvalue weighted by molar-refractivity contribution is 5.79. The Morgan fingerprint density at radius 2 is 2.03 bits per heavy atom. The number of nitrogens with zero attached hydrogens (tertiary/aromatic N) is 7. The highest BCUT2D eigenvalue weighted by Gasteiger charge is 2.31. The first-order valence-electron chi connectivity index (χ1n) is 10.3. The molecule has 33 heavy (non-hydrogen) atoms. The molecule has 1 N–H and O–H groups in total. The van der Waals surface area contributed by atoms with E-state index in [0.29, 0.717) is 6.54 Å². The minimum Gasteiger partial charge on any atom is -0.454 e. The summed E-state index contributed by atoms with van der Waals surface area (Å²) in [4.78, 5) is 22.8. The van der Waals surface area contributed by atoms with Gasteiger partial charge in [-0.3, -0.25) is 9.97 Å². The Morgan fingerprint density at radius 1 is 1.12 bits per heavy atom. The van der Waals surface area contributed by atoms with Crippen LogP contribution in [0.1, 0.15) is 36.6 Å². The standard InChI is InChI=1S/C21H21F3N8O/c22-21(23,24)14-33-20-29-18(31-27-13-15-6-5-9-25-12-15)28-19(30-20)32-11-4-2-8-17(32)16-7-1-3-10-26-16/h1,3,5-7,9-10,12-13,17H,2,4,8,11,14H2,(H,28,29,30,31). The highest BCUT2D eigenvalue weighted by Crippen LogP contribution is 2.33.